The number of fused-ring (bicyclic) bond motifs is 1. The Bertz CT molecular complexity index is 587. The predicted octanol–water partition coefficient (Wildman–Crippen LogP) is 3.15. The first-order valence-corrected chi connectivity index (χ1v) is 7.29. The van der Waals surface area contributed by atoms with Gasteiger partial charge in [0, 0.05) is 18.3 Å². The van der Waals surface area contributed by atoms with Gasteiger partial charge in [-0.2, -0.15) is 5.26 Å². The fourth-order valence-electron chi connectivity index (χ4n) is 2.10. The zero-order valence-electron chi connectivity index (χ0n) is 13.2. The van der Waals surface area contributed by atoms with Gasteiger partial charge in [-0.1, -0.05) is 0 Å². The van der Waals surface area contributed by atoms with Crippen molar-refractivity contribution in [1.82, 2.24) is 0 Å². The molecule has 1 aromatic rings. The summed E-state index contributed by atoms with van der Waals surface area (Å²) in [6.45, 7) is 6.99. The van der Waals surface area contributed by atoms with E-state index in [9.17, 15) is 4.79 Å². The van der Waals surface area contributed by atoms with Crippen LogP contribution in [0.1, 0.15) is 27.2 Å². The summed E-state index contributed by atoms with van der Waals surface area (Å²) in [5.41, 5.74) is 1.03. The molecule has 0 bridgehead atoms. The Morgan fingerprint density at radius 3 is 2.95 bits per heavy atom. The Morgan fingerprint density at radius 1 is 1.50 bits per heavy atom. The molecule has 0 fully saturated rings. The first kappa shape index (κ1) is 16.0. The van der Waals surface area contributed by atoms with Crippen molar-refractivity contribution in [1.29, 1.82) is 5.26 Å². The second kappa shape index (κ2) is 6.56. The fourth-order valence-corrected chi connectivity index (χ4v) is 2.10. The Morgan fingerprint density at radius 2 is 2.27 bits per heavy atom. The molecule has 22 heavy (non-hydrogen) atoms. The number of amides is 1. The van der Waals surface area contributed by atoms with Crippen molar-refractivity contribution in [3.8, 4) is 11.8 Å². The maximum absolute atomic E-state index is 12.3. The lowest BCUT2D eigenvalue weighted by Gasteiger charge is -2.31. The molecule has 0 radical (unpaired) electrons. The van der Waals surface area contributed by atoms with Crippen molar-refractivity contribution in [2.45, 2.75) is 32.8 Å². The molecule has 2 rings (SSSR count). The van der Waals surface area contributed by atoms with Gasteiger partial charge in [-0.25, -0.2) is 4.79 Å². The third-order valence-corrected chi connectivity index (χ3v) is 3.00. The van der Waals surface area contributed by atoms with Crippen LogP contribution in [0, 0.1) is 11.3 Å². The summed E-state index contributed by atoms with van der Waals surface area (Å²) >= 11 is 0. The van der Waals surface area contributed by atoms with Crippen LogP contribution in [-0.2, 0) is 4.74 Å². The summed E-state index contributed by atoms with van der Waals surface area (Å²) in [7, 11) is 0. The minimum atomic E-state index is -0.533. The molecule has 1 N–H and O–H groups in total. The highest BCUT2D eigenvalue weighted by molar-refractivity contribution is 5.91. The van der Waals surface area contributed by atoms with Crippen molar-refractivity contribution >= 4 is 17.5 Å². The van der Waals surface area contributed by atoms with E-state index in [4.69, 9.17) is 14.7 Å². The summed E-state index contributed by atoms with van der Waals surface area (Å²) in [5.74, 6) is 0.638. The van der Waals surface area contributed by atoms with E-state index in [2.05, 4.69) is 11.4 Å². The number of hydrogen-bond donors (Lipinski definition) is 1. The molecule has 0 atom stereocenters. The summed E-state index contributed by atoms with van der Waals surface area (Å²) in [4.78, 5) is 13.9. The van der Waals surface area contributed by atoms with Crippen LogP contribution in [0.4, 0.5) is 16.2 Å². The normalized spacial score (nSPS) is 13.6. The molecule has 0 saturated heterocycles. The average molecular weight is 303 g/mol. The standard InChI is InChI=1S/C16H21N3O3/c1-16(2,3)22-15(20)19-9-10-21-14-11-12(5-6-13(14)19)18-8-4-7-17/h5-6,11,18H,4,8-10H2,1-3H3. The number of hydrogen-bond acceptors (Lipinski definition) is 5. The molecule has 6 nitrogen and oxygen atoms in total. The van der Waals surface area contributed by atoms with Crippen molar-refractivity contribution in [3.05, 3.63) is 18.2 Å². The smallest absolute Gasteiger partial charge is 0.415 e. The molecule has 1 amide bonds. The predicted molar refractivity (Wildman–Crippen MR) is 84.2 cm³/mol. The zero-order valence-corrected chi connectivity index (χ0v) is 13.2. The Balaban J connectivity index is 2.14. The fraction of sp³-hybridized carbons (Fsp3) is 0.500. The number of nitrogens with zero attached hydrogens (tertiary/aromatic N) is 2. The molecule has 1 aliphatic rings. The van der Waals surface area contributed by atoms with Crippen LogP contribution in [0.3, 0.4) is 0 Å². The number of carbonyl (C=O) groups is 1. The molecule has 6 heteroatoms. The van der Waals surface area contributed by atoms with E-state index in [0.717, 1.165) is 5.69 Å². The monoisotopic (exact) mass is 303 g/mol. The second-order valence-corrected chi connectivity index (χ2v) is 6.00. The summed E-state index contributed by atoms with van der Waals surface area (Å²) in [5, 5.41) is 11.7. The summed E-state index contributed by atoms with van der Waals surface area (Å²) < 4.78 is 11.0. The molecule has 1 aliphatic heterocycles. The minimum absolute atomic E-state index is 0.373. The zero-order chi connectivity index (χ0) is 16.2. The second-order valence-electron chi connectivity index (χ2n) is 6.00. The summed E-state index contributed by atoms with van der Waals surface area (Å²) in [6, 6.07) is 7.61. The van der Waals surface area contributed by atoms with Gasteiger partial charge in [0.2, 0.25) is 0 Å². The number of nitriles is 1. The quantitative estimate of drug-likeness (QED) is 0.868. The molecule has 118 valence electrons. The van der Waals surface area contributed by atoms with Crippen LogP contribution < -0.4 is 15.0 Å². The number of rotatable bonds is 3. The number of nitrogens with one attached hydrogen (secondary N) is 1. The van der Waals surface area contributed by atoms with E-state index < -0.39 is 5.60 Å². The molecule has 0 aliphatic carbocycles. The summed E-state index contributed by atoms with van der Waals surface area (Å²) in [6.07, 6.45) is 0.0596. The van der Waals surface area contributed by atoms with Crippen LogP contribution in [-0.4, -0.2) is 31.4 Å². The van der Waals surface area contributed by atoms with E-state index in [1.807, 2.05) is 39.0 Å². The van der Waals surface area contributed by atoms with Crippen LogP contribution in [0.25, 0.3) is 0 Å². The maximum Gasteiger partial charge on any atom is 0.415 e. The van der Waals surface area contributed by atoms with Crippen LogP contribution >= 0.6 is 0 Å². The van der Waals surface area contributed by atoms with E-state index in [1.54, 1.807) is 4.90 Å². The largest absolute Gasteiger partial charge is 0.489 e. The van der Waals surface area contributed by atoms with E-state index in [0.29, 0.717) is 37.6 Å². The first-order chi connectivity index (χ1) is 10.4. The van der Waals surface area contributed by atoms with Crippen LogP contribution in [0.5, 0.6) is 5.75 Å². The van der Waals surface area contributed by atoms with Gasteiger partial charge in [0.25, 0.3) is 0 Å². The van der Waals surface area contributed by atoms with Gasteiger partial charge in [-0.15, -0.1) is 0 Å². The highest BCUT2D eigenvalue weighted by Crippen LogP contribution is 2.34. The van der Waals surface area contributed by atoms with Gasteiger partial charge in [0.1, 0.15) is 18.0 Å². The highest BCUT2D eigenvalue weighted by atomic mass is 16.6. The lowest BCUT2D eigenvalue weighted by Crippen LogP contribution is -2.41. The Labute approximate surface area is 130 Å². The number of anilines is 2. The van der Waals surface area contributed by atoms with Gasteiger partial charge in [-0.05, 0) is 32.9 Å². The van der Waals surface area contributed by atoms with Gasteiger partial charge in [0.15, 0.2) is 0 Å². The molecule has 0 unspecified atom stereocenters. The van der Waals surface area contributed by atoms with Crippen LogP contribution in [0.15, 0.2) is 18.2 Å². The third kappa shape index (κ3) is 4.04. The Kier molecular flexibility index (Phi) is 4.76. The Hall–Kier alpha value is -2.42. The van der Waals surface area contributed by atoms with E-state index in [1.165, 1.54) is 0 Å². The van der Waals surface area contributed by atoms with Gasteiger partial charge in [0.05, 0.1) is 24.7 Å². The molecule has 0 saturated carbocycles. The number of carbonyl (C=O) groups excluding carboxylic acids is 1. The topological polar surface area (TPSA) is 74.6 Å². The maximum atomic E-state index is 12.3. The lowest BCUT2D eigenvalue weighted by atomic mass is 10.2. The van der Waals surface area contributed by atoms with E-state index in [-0.39, 0.29) is 6.09 Å². The SMILES string of the molecule is CC(C)(C)OC(=O)N1CCOc2cc(NCCC#N)ccc21. The molecule has 1 heterocycles. The van der Waals surface area contributed by atoms with Gasteiger partial charge >= 0.3 is 6.09 Å². The van der Waals surface area contributed by atoms with Crippen molar-refractivity contribution in [2.75, 3.05) is 29.9 Å². The number of benzene rings is 1. The van der Waals surface area contributed by atoms with Gasteiger partial charge < -0.3 is 14.8 Å². The molecule has 1 aromatic carbocycles. The van der Waals surface area contributed by atoms with E-state index >= 15 is 0 Å². The molecule has 0 aromatic heterocycles. The van der Waals surface area contributed by atoms with Gasteiger partial charge in [-0.3, -0.25) is 4.90 Å². The van der Waals surface area contributed by atoms with Crippen molar-refractivity contribution in [3.63, 3.8) is 0 Å². The molecular formula is C16H21N3O3. The number of ether oxygens (including phenoxy) is 2. The third-order valence-electron chi connectivity index (χ3n) is 3.00. The van der Waals surface area contributed by atoms with Crippen molar-refractivity contribution in [2.24, 2.45) is 0 Å². The minimum Gasteiger partial charge on any atom is -0.489 e. The highest BCUT2D eigenvalue weighted by Gasteiger charge is 2.28. The lowest BCUT2D eigenvalue weighted by molar-refractivity contribution is 0.0568. The van der Waals surface area contributed by atoms with Crippen LogP contribution in [0.2, 0.25) is 0 Å². The van der Waals surface area contributed by atoms with Crippen molar-refractivity contribution < 1.29 is 14.3 Å². The molecule has 0 spiro atoms. The average Bonchev–Trinajstić information content (AvgIpc) is 2.45. The molecular weight excluding hydrogens is 282 g/mol. The first-order valence-electron chi connectivity index (χ1n) is 7.29.